The van der Waals surface area contributed by atoms with Crippen molar-refractivity contribution in [3.05, 3.63) is 12.7 Å². The summed E-state index contributed by atoms with van der Waals surface area (Å²) in [4.78, 5) is 20.9. The summed E-state index contributed by atoms with van der Waals surface area (Å²) in [6, 6.07) is 0. The van der Waals surface area contributed by atoms with Gasteiger partial charge in [0.1, 0.15) is 6.10 Å². The van der Waals surface area contributed by atoms with Crippen molar-refractivity contribution in [2.24, 2.45) is 0 Å². The topological polar surface area (TPSA) is 63.6 Å². The van der Waals surface area contributed by atoms with E-state index in [1.807, 2.05) is 0 Å². The molecule has 4 nitrogen and oxygen atoms in total. The number of ether oxygens (including phenoxy) is 1. The fourth-order valence-corrected chi connectivity index (χ4v) is 0.676. The van der Waals surface area contributed by atoms with Crippen molar-refractivity contribution >= 4 is 11.9 Å². The molecule has 0 aromatic rings. The lowest BCUT2D eigenvalue weighted by Crippen LogP contribution is -2.19. The van der Waals surface area contributed by atoms with E-state index in [4.69, 9.17) is 9.84 Å². The minimum atomic E-state index is -0.973. The molecule has 1 N–H and O–H groups in total. The molecule has 4 heteroatoms. The number of aliphatic carboxylic acids is 1. The van der Waals surface area contributed by atoms with Gasteiger partial charge in [0.2, 0.25) is 0 Å². The van der Waals surface area contributed by atoms with Gasteiger partial charge in [-0.1, -0.05) is 13.5 Å². The molecule has 0 bridgehead atoms. The lowest BCUT2D eigenvalue weighted by molar-refractivity contribution is -0.148. The summed E-state index contributed by atoms with van der Waals surface area (Å²) < 4.78 is 4.72. The summed E-state index contributed by atoms with van der Waals surface area (Å²) in [7, 11) is 0. The van der Waals surface area contributed by atoms with Crippen molar-refractivity contribution in [3.8, 4) is 0 Å². The van der Waals surface area contributed by atoms with Crippen LogP contribution in [0, 0.1) is 0 Å². The summed E-state index contributed by atoms with van der Waals surface area (Å²) >= 11 is 0. The molecule has 0 rings (SSSR count). The molecule has 0 heterocycles. The number of carboxylic acids is 1. The number of hydrogen-bond acceptors (Lipinski definition) is 3. The van der Waals surface area contributed by atoms with Crippen molar-refractivity contribution in [1.82, 2.24) is 0 Å². The second kappa shape index (κ2) is 5.35. The number of carbonyl (C=O) groups is 2. The zero-order valence-corrected chi connectivity index (χ0v) is 6.95. The highest BCUT2D eigenvalue weighted by molar-refractivity contribution is 5.81. The Morgan fingerprint density at radius 3 is 2.58 bits per heavy atom. The van der Waals surface area contributed by atoms with Crippen LogP contribution in [0.3, 0.4) is 0 Å². The van der Waals surface area contributed by atoms with Crippen molar-refractivity contribution in [1.29, 1.82) is 0 Å². The van der Waals surface area contributed by atoms with Gasteiger partial charge in [0, 0.05) is 6.08 Å². The van der Waals surface area contributed by atoms with Crippen molar-refractivity contribution in [2.75, 3.05) is 0 Å². The molecule has 0 saturated heterocycles. The van der Waals surface area contributed by atoms with Crippen LogP contribution in [0.5, 0.6) is 0 Å². The van der Waals surface area contributed by atoms with E-state index in [-0.39, 0.29) is 6.42 Å². The highest BCUT2D eigenvalue weighted by atomic mass is 16.5. The van der Waals surface area contributed by atoms with E-state index in [1.165, 1.54) is 0 Å². The quantitative estimate of drug-likeness (QED) is 0.495. The highest BCUT2D eigenvalue weighted by Gasteiger charge is 2.13. The number of rotatable bonds is 5. The SMILES string of the molecule is C=CC(=O)OC(CC)CC(=O)O. The maximum Gasteiger partial charge on any atom is 0.330 e. The van der Waals surface area contributed by atoms with Crippen LogP contribution >= 0.6 is 0 Å². The maximum absolute atomic E-state index is 10.6. The van der Waals surface area contributed by atoms with E-state index >= 15 is 0 Å². The summed E-state index contributed by atoms with van der Waals surface area (Å²) in [6.07, 6.45) is 0.805. The Bertz CT molecular complexity index is 185. The largest absolute Gasteiger partial charge is 0.481 e. The minimum Gasteiger partial charge on any atom is -0.481 e. The Morgan fingerprint density at radius 2 is 2.25 bits per heavy atom. The Morgan fingerprint density at radius 1 is 1.67 bits per heavy atom. The van der Waals surface area contributed by atoms with Crippen molar-refractivity contribution in [2.45, 2.75) is 25.9 Å². The molecule has 1 unspecified atom stereocenters. The first kappa shape index (κ1) is 10.7. The molecule has 0 aromatic heterocycles. The molecular weight excluding hydrogens is 160 g/mol. The van der Waals surface area contributed by atoms with Gasteiger partial charge >= 0.3 is 11.9 Å². The molecule has 0 spiro atoms. The maximum atomic E-state index is 10.6. The molecule has 0 aliphatic rings. The Balaban J connectivity index is 3.90. The molecule has 0 saturated carbocycles. The van der Waals surface area contributed by atoms with E-state index in [1.54, 1.807) is 6.92 Å². The zero-order chi connectivity index (χ0) is 9.56. The minimum absolute atomic E-state index is 0.157. The van der Waals surface area contributed by atoms with E-state index < -0.39 is 18.0 Å². The van der Waals surface area contributed by atoms with Crippen LogP contribution in [0.15, 0.2) is 12.7 Å². The van der Waals surface area contributed by atoms with E-state index in [9.17, 15) is 9.59 Å². The number of hydrogen-bond donors (Lipinski definition) is 1. The third-order valence-corrected chi connectivity index (χ3v) is 1.31. The molecule has 0 aromatic carbocycles. The summed E-state index contributed by atoms with van der Waals surface area (Å²) in [5.41, 5.74) is 0. The van der Waals surface area contributed by atoms with Gasteiger partial charge in [0.25, 0.3) is 0 Å². The summed E-state index contributed by atoms with van der Waals surface area (Å²) in [6.45, 7) is 4.96. The number of esters is 1. The van der Waals surface area contributed by atoms with Crippen LogP contribution in [0.25, 0.3) is 0 Å². The standard InChI is InChI=1S/C8H12O4/c1-3-6(5-7(9)10)12-8(11)4-2/h4,6H,2-3,5H2,1H3,(H,9,10). The molecule has 0 aliphatic carbocycles. The van der Waals surface area contributed by atoms with Gasteiger partial charge in [-0.3, -0.25) is 4.79 Å². The van der Waals surface area contributed by atoms with Crippen LogP contribution in [-0.4, -0.2) is 23.1 Å². The van der Waals surface area contributed by atoms with Crippen molar-refractivity contribution in [3.63, 3.8) is 0 Å². The second-order valence-electron chi connectivity index (χ2n) is 2.27. The predicted molar refractivity (Wildman–Crippen MR) is 42.6 cm³/mol. The van der Waals surface area contributed by atoms with Gasteiger partial charge in [-0.15, -0.1) is 0 Å². The van der Waals surface area contributed by atoms with Crippen LogP contribution in [0.1, 0.15) is 19.8 Å². The molecule has 0 aliphatic heterocycles. The molecule has 0 fully saturated rings. The summed E-state index contributed by atoms with van der Waals surface area (Å²) in [5.74, 6) is -1.55. The van der Waals surface area contributed by atoms with E-state index in [0.29, 0.717) is 6.42 Å². The first-order valence-corrected chi connectivity index (χ1v) is 3.65. The molecule has 0 amide bonds. The lowest BCUT2D eigenvalue weighted by Gasteiger charge is -2.11. The van der Waals surface area contributed by atoms with Gasteiger partial charge in [0.15, 0.2) is 0 Å². The van der Waals surface area contributed by atoms with Gasteiger partial charge < -0.3 is 9.84 Å². The van der Waals surface area contributed by atoms with E-state index in [2.05, 4.69) is 6.58 Å². The summed E-state index contributed by atoms with van der Waals surface area (Å²) in [5, 5.41) is 8.38. The van der Waals surface area contributed by atoms with Crippen LogP contribution in [0.2, 0.25) is 0 Å². The molecule has 0 radical (unpaired) electrons. The van der Waals surface area contributed by atoms with Gasteiger partial charge in [-0.25, -0.2) is 4.79 Å². The fourth-order valence-electron chi connectivity index (χ4n) is 0.676. The first-order chi connectivity index (χ1) is 5.60. The van der Waals surface area contributed by atoms with Crippen molar-refractivity contribution < 1.29 is 19.4 Å². The fraction of sp³-hybridized carbons (Fsp3) is 0.500. The normalized spacial score (nSPS) is 11.8. The third kappa shape index (κ3) is 4.49. The lowest BCUT2D eigenvalue weighted by atomic mass is 10.2. The Kier molecular flexibility index (Phi) is 4.76. The predicted octanol–water partition coefficient (Wildman–Crippen LogP) is 0.969. The van der Waals surface area contributed by atoms with Crippen LogP contribution in [-0.2, 0) is 14.3 Å². The third-order valence-electron chi connectivity index (χ3n) is 1.31. The Labute approximate surface area is 70.8 Å². The van der Waals surface area contributed by atoms with Crippen LogP contribution < -0.4 is 0 Å². The molecule has 12 heavy (non-hydrogen) atoms. The number of carboxylic acid groups (broad SMARTS) is 1. The molecule has 68 valence electrons. The zero-order valence-electron chi connectivity index (χ0n) is 6.95. The van der Waals surface area contributed by atoms with Crippen LogP contribution in [0.4, 0.5) is 0 Å². The number of carbonyl (C=O) groups excluding carboxylic acids is 1. The van der Waals surface area contributed by atoms with Gasteiger partial charge in [-0.05, 0) is 6.42 Å². The van der Waals surface area contributed by atoms with Gasteiger partial charge in [-0.2, -0.15) is 0 Å². The second-order valence-corrected chi connectivity index (χ2v) is 2.27. The molecular formula is C8H12O4. The molecule has 1 atom stereocenters. The van der Waals surface area contributed by atoms with Gasteiger partial charge in [0.05, 0.1) is 6.42 Å². The average molecular weight is 172 g/mol. The smallest absolute Gasteiger partial charge is 0.330 e. The van der Waals surface area contributed by atoms with E-state index in [0.717, 1.165) is 6.08 Å². The first-order valence-electron chi connectivity index (χ1n) is 3.65. The monoisotopic (exact) mass is 172 g/mol. The highest BCUT2D eigenvalue weighted by Crippen LogP contribution is 2.03. The average Bonchev–Trinajstić information content (AvgIpc) is 2.02. The Hall–Kier alpha value is -1.32.